The van der Waals surface area contributed by atoms with Gasteiger partial charge in [-0.05, 0) is 0 Å². The second-order valence-corrected chi connectivity index (χ2v) is 3.93. The van der Waals surface area contributed by atoms with Crippen LogP contribution in [0.3, 0.4) is 0 Å². The van der Waals surface area contributed by atoms with Gasteiger partial charge in [-0.1, -0.05) is 0 Å². The molecular formula is C12H10F2N2O4. The van der Waals surface area contributed by atoms with Crippen molar-refractivity contribution in [2.24, 2.45) is 5.73 Å². The smallest absolute Gasteiger partial charge is 0.341 e. The largest absolute Gasteiger partial charge is 0.491 e. The minimum absolute atomic E-state index is 0.137. The molecular weight excluding hydrogens is 274 g/mol. The molecule has 106 valence electrons. The lowest BCUT2D eigenvalue weighted by Gasteiger charge is -2.12. The highest BCUT2D eigenvalue weighted by Gasteiger charge is 2.24. The van der Waals surface area contributed by atoms with Crippen molar-refractivity contribution in [1.82, 2.24) is 4.98 Å². The Bertz CT molecular complexity index is 770. The maximum absolute atomic E-state index is 13.9. The fourth-order valence-electron chi connectivity index (χ4n) is 1.99. The number of nitrogens with one attached hydrogen (secondary N) is 1. The zero-order valence-corrected chi connectivity index (χ0v) is 10.3. The van der Waals surface area contributed by atoms with E-state index in [-0.39, 0.29) is 10.9 Å². The third kappa shape index (κ3) is 1.81. The van der Waals surface area contributed by atoms with Crippen LogP contribution in [0.4, 0.5) is 8.78 Å². The van der Waals surface area contributed by atoms with E-state index in [1.807, 2.05) is 0 Å². The van der Waals surface area contributed by atoms with Gasteiger partial charge in [0.1, 0.15) is 5.56 Å². The van der Waals surface area contributed by atoms with Crippen LogP contribution in [0.2, 0.25) is 0 Å². The highest BCUT2D eigenvalue weighted by molar-refractivity contribution is 5.95. The number of carboxylic acids is 1. The molecule has 4 N–H and O–H groups in total. The van der Waals surface area contributed by atoms with Gasteiger partial charge in [-0.15, -0.1) is 0 Å². The Kier molecular flexibility index (Phi) is 3.41. The van der Waals surface area contributed by atoms with Gasteiger partial charge in [-0.3, -0.25) is 4.79 Å². The van der Waals surface area contributed by atoms with E-state index in [0.717, 1.165) is 13.3 Å². The van der Waals surface area contributed by atoms with Gasteiger partial charge in [-0.25, -0.2) is 9.18 Å². The number of carbonyl (C=O) groups is 1. The number of aromatic nitrogens is 1. The van der Waals surface area contributed by atoms with E-state index in [1.165, 1.54) is 0 Å². The quantitative estimate of drug-likeness (QED) is 0.779. The average Bonchev–Trinajstić information content (AvgIpc) is 2.41. The van der Waals surface area contributed by atoms with Gasteiger partial charge in [-0.2, -0.15) is 4.39 Å². The maximum Gasteiger partial charge on any atom is 0.341 e. The SMILES string of the molecule is COc1c(F)c(F)c(CN)c2c(=O)c(C(=O)O)c[nH]c12. The monoisotopic (exact) mass is 284 g/mol. The van der Waals surface area contributed by atoms with Crippen LogP contribution in [0.25, 0.3) is 10.9 Å². The molecule has 0 saturated heterocycles. The normalized spacial score (nSPS) is 10.8. The molecule has 0 aliphatic heterocycles. The van der Waals surface area contributed by atoms with Crippen molar-refractivity contribution in [3.05, 3.63) is 39.2 Å². The predicted molar refractivity (Wildman–Crippen MR) is 65.9 cm³/mol. The van der Waals surface area contributed by atoms with Gasteiger partial charge in [0.15, 0.2) is 11.6 Å². The van der Waals surface area contributed by atoms with Crippen molar-refractivity contribution in [2.75, 3.05) is 7.11 Å². The summed E-state index contributed by atoms with van der Waals surface area (Å²) < 4.78 is 32.4. The first-order valence-corrected chi connectivity index (χ1v) is 5.46. The van der Waals surface area contributed by atoms with Crippen LogP contribution in [0.5, 0.6) is 5.75 Å². The Morgan fingerprint density at radius 2 is 2.10 bits per heavy atom. The van der Waals surface area contributed by atoms with Crippen LogP contribution in [0.1, 0.15) is 15.9 Å². The molecule has 1 aromatic heterocycles. The van der Waals surface area contributed by atoms with E-state index in [9.17, 15) is 18.4 Å². The number of aromatic amines is 1. The molecule has 0 radical (unpaired) electrons. The topological polar surface area (TPSA) is 105 Å². The zero-order valence-electron chi connectivity index (χ0n) is 10.3. The van der Waals surface area contributed by atoms with Crippen molar-refractivity contribution in [3.8, 4) is 5.75 Å². The summed E-state index contributed by atoms with van der Waals surface area (Å²) in [7, 11) is 1.10. The molecule has 0 atom stereocenters. The minimum atomic E-state index is -1.49. The molecule has 0 amide bonds. The molecule has 2 rings (SSSR count). The van der Waals surface area contributed by atoms with E-state index in [0.29, 0.717) is 0 Å². The van der Waals surface area contributed by atoms with Crippen molar-refractivity contribution < 1.29 is 23.4 Å². The van der Waals surface area contributed by atoms with Crippen molar-refractivity contribution in [3.63, 3.8) is 0 Å². The number of ether oxygens (including phenoxy) is 1. The van der Waals surface area contributed by atoms with Crippen LogP contribution < -0.4 is 15.9 Å². The first-order chi connectivity index (χ1) is 9.43. The number of aromatic carboxylic acids is 1. The molecule has 1 aromatic carbocycles. The van der Waals surface area contributed by atoms with Crippen molar-refractivity contribution in [1.29, 1.82) is 0 Å². The molecule has 0 saturated carbocycles. The first kappa shape index (κ1) is 13.9. The number of hydrogen-bond donors (Lipinski definition) is 3. The number of hydrogen-bond acceptors (Lipinski definition) is 4. The van der Waals surface area contributed by atoms with Gasteiger partial charge in [0.2, 0.25) is 11.2 Å². The highest BCUT2D eigenvalue weighted by Crippen LogP contribution is 2.31. The van der Waals surface area contributed by atoms with Gasteiger partial charge < -0.3 is 20.6 Å². The maximum atomic E-state index is 13.9. The van der Waals surface area contributed by atoms with Crippen molar-refractivity contribution >= 4 is 16.9 Å². The second kappa shape index (κ2) is 4.89. The Labute approximate surface area is 110 Å². The van der Waals surface area contributed by atoms with Crippen LogP contribution in [-0.2, 0) is 6.54 Å². The molecule has 0 aliphatic rings. The highest BCUT2D eigenvalue weighted by atomic mass is 19.2. The van der Waals surface area contributed by atoms with E-state index in [1.54, 1.807) is 0 Å². The summed E-state index contributed by atoms with van der Waals surface area (Å²) in [5, 5.41) is 8.56. The number of halogens is 2. The lowest BCUT2D eigenvalue weighted by atomic mass is 10.0. The number of pyridine rings is 1. The second-order valence-electron chi connectivity index (χ2n) is 3.93. The zero-order chi connectivity index (χ0) is 15.0. The Morgan fingerprint density at radius 3 is 2.60 bits per heavy atom. The van der Waals surface area contributed by atoms with E-state index < -0.39 is 46.5 Å². The van der Waals surface area contributed by atoms with E-state index >= 15 is 0 Å². The molecule has 0 aliphatic carbocycles. The Hall–Kier alpha value is -2.48. The van der Waals surface area contributed by atoms with Crippen molar-refractivity contribution in [2.45, 2.75) is 6.54 Å². The molecule has 1 heterocycles. The Morgan fingerprint density at radius 1 is 1.45 bits per heavy atom. The number of rotatable bonds is 3. The van der Waals surface area contributed by atoms with Crippen LogP contribution in [0.15, 0.2) is 11.0 Å². The molecule has 6 nitrogen and oxygen atoms in total. The van der Waals surface area contributed by atoms with Gasteiger partial charge in [0.05, 0.1) is 18.0 Å². The number of fused-ring (bicyclic) bond motifs is 1. The van der Waals surface area contributed by atoms with E-state index in [2.05, 4.69) is 4.98 Å². The predicted octanol–water partition coefficient (Wildman–Crippen LogP) is 0.972. The summed E-state index contributed by atoms with van der Waals surface area (Å²) in [5.41, 5.74) is 3.24. The summed E-state index contributed by atoms with van der Waals surface area (Å²) in [6.07, 6.45) is 0.896. The standard InChI is InChI=1S/C12H10F2N2O4/c1-20-11-8(14)7(13)4(2-15)6-9(11)16-3-5(10(6)17)12(18)19/h3H,2,15H2,1H3,(H,16,17)(H,18,19). The third-order valence-electron chi connectivity index (χ3n) is 2.91. The summed E-state index contributed by atoms with van der Waals surface area (Å²) in [4.78, 5) is 25.4. The molecule has 8 heteroatoms. The molecule has 0 spiro atoms. The molecule has 20 heavy (non-hydrogen) atoms. The van der Waals surface area contributed by atoms with Crippen LogP contribution in [-0.4, -0.2) is 23.2 Å². The molecule has 0 fully saturated rings. The number of benzene rings is 1. The van der Waals surface area contributed by atoms with E-state index in [4.69, 9.17) is 15.6 Å². The number of methoxy groups -OCH3 is 1. The van der Waals surface area contributed by atoms with Gasteiger partial charge in [0, 0.05) is 18.3 Å². The Balaban J connectivity index is 3.09. The number of H-pyrrole nitrogens is 1. The van der Waals surface area contributed by atoms with Crippen LogP contribution >= 0.6 is 0 Å². The first-order valence-electron chi connectivity index (χ1n) is 5.46. The number of nitrogens with two attached hydrogens (primary N) is 1. The lowest BCUT2D eigenvalue weighted by Crippen LogP contribution is -2.19. The minimum Gasteiger partial charge on any atom is -0.491 e. The summed E-state index contributed by atoms with van der Waals surface area (Å²) >= 11 is 0. The van der Waals surface area contributed by atoms with Gasteiger partial charge >= 0.3 is 5.97 Å². The molecule has 0 unspecified atom stereocenters. The third-order valence-corrected chi connectivity index (χ3v) is 2.91. The fourth-order valence-corrected chi connectivity index (χ4v) is 1.99. The number of carboxylic acid groups (broad SMARTS) is 1. The lowest BCUT2D eigenvalue weighted by molar-refractivity contribution is 0.0695. The molecule has 2 aromatic rings. The average molecular weight is 284 g/mol. The summed E-state index contributed by atoms with van der Waals surface area (Å²) in [5.74, 6) is -4.62. The fraction of sp³-hybridized carbons (Fsp3) is 0.167. The summed E-state index contributed by atoms with van der Waals surface area (Å²) in [6.45, 7) is -0.463. The van der Waals surface area contributed by atoms with Gasteiger partial charge in [0.25, 0.3) is 0 Å². The molecule has 0 bridgehead atoms. The van der Waals surface area contributed by atoms with Crippen LogP contribution in [0, 0.1) is 11.6 Å². The summed E-state index contributed by atoms with van der Waals surface area (Å²) in [6, 6.07) is 0.